The maximum absolute atomic E-state index is 11.0. The van der Waals surface area contributed by atoms with Gasteiger partial charge in [-0.2, -0.15) is 0 Å². The molecule has 0 aliphatic heterocycles. The van der Waals surface area contributed by atoms with Crippen LogP contribution in [-0.4, -0.2) is 27.9 Å². The molecule has 1 amide bonds. The van der Waals surface area contributed by atoms with Crippen molar-refractivity contribution >= 4 is 29.9 Å². The minimum atomic E-state index is -0.150. The lowest BCUT2D eigenvalue weighted by Gasteiger charge is -2.08. The first-order chi connectivity index (χ1) is 9.29. The topological polar surface area (TPSA) is 46.9 Å². The van der Waals surface area contributed by atoms with Crippen molar-refractivity contribution in [2.75, 3.05) is 12.4 Å². The summed E-state index contributed by atoms with van der Waals surface area (Å²) in [6, 6.07) is 10.2. The van der Waals surface area contributed by atoms with Crippen LogP contribution in [0.15, 0.2) is 42.7 Å². The third-order valence-electron chi connectivity index (χ3n) is 2.79. The smallest absolute Gasteiger partial charge is 0.234 e. The van der Waals surface area contributed by atoms with Crippen LogP contribution < -0.4 is 5.32 Å². The van der Waals surface area contributed by atoms with E-state index in [4.69, 9.17) is 11.6 Å². The Morgan fingerprint density at radius 2 is 2.05 bits per heavy atom. The lowest BCUT2D eigenvalue weighted by Crippen LogP contribution is -2.27. The van der Waals surface area contributed by atoms with Gasteiger partial charge in [0, 0.05) is 31.9 Å². The van der Waals surface area contributed by atoms with Crippen molar-refractivity contribution in [3.8, 4) is 0 Å². The predicted octanol–water partition coefficient (Wildman–Crippen LogP) is 2.25. The molecule has 2 aromatic rings. The second kappa shape index (κ2) is 8.61. The van der Waals surface area contributed by atoms with Crippen molar-refractivity contribution in [3.05, 3.63) is 54.1 Å². The molecule has 2 rings (SSSR count). The summed E-state index contributed by atoms with van der Waals surface area (Å²) in [6.07, 6.45) is 4.43. The number of rotatable bonds is 6. The molecule has 0 aliphatic carbocycles. The van der Waals surface area contributed by atoms with Gasteiger partial charge in [-0.15, -0.1) is 24.0 Å². The van der Waals surface area contributed by atoms with E-state index in [0.29, 0.717) is 13.0 Å². The number of aromatic nitrogens is 2. The van der Waals surface area contributed by atoms with Crippen LogP contribution in [-0.2, 0) is 17.8 Å². The zero-order valence-corrected chi connectivity index (χ0v) is 12.5. The number of benzene rings is 1. The molecule has 6 heteroatoms. The number of halogens is 2. The highest BCUT2D eigenvalue weighted by molar-refractivity contribution is 6.27. The van der Waals surface area contributed by atoms with E-state index in [1.807, 2.05) is 24.4 Å². The maximum atomic E-state index is 11.0. The lowest BCUT2D eigenvalue weighted by molar-refractivity contribution is -0.118. The Morgan fingerprint density at radius 1 is 1.30 bits per heavy atom. The quantitative estimate of drug-likeness (QED) is 0.831. The van der Waals surface area contributed by atoms with Gasteiger partial charge in [-0.3, -0.25) is 4.79 Å². The van der Waals surface area contributed by atoms with E-state index in [1.54, 1.807) is 6.20 Å². The van der Waals surface area contributed by atoms with Gasteiger partial charge in [0.1, 0.15) is 11.7 Å². The van der Waals surface area contributed by atoms with Gasteiger partial charge >= 0.3 is 0 Å². The van der Waals surface area contributed by atoms with Crippen LogP contribution in [0.5, 0.6) is 0 Å². The van der Waals surface area contributed by atoms with Crippen LogP contribution in [0.4, 0.5) is 0 Å². The predicted molar refractivity (Wildman–Crippen MR) is 82.5 cm³/mol. The molecule has 108 valence electrons. The highest BCUT2D eigenvalue weighted by atomic mass is 35.5. The second-order valence-electron chi connectivity index (χ2n) is 4.19. The summed E-state index contributed by atoms with van der Waals surface area (Å²) < 4.78 is 2.09. The Labute approximate surface area is 129 Å². The Bertz CT molecular complexity index is 528. The standard InChI is InChI=1S/C14H16ClN3O.ClH/c15-10-14(19)17-7-6-13-16-8-9-18(13)11-12-4-2-1-3-5-12;/h1-5,8-9H,6-7,10-11H2,(H,17,19);1H. The molecule has 0 bridgehead atoms. The minimum absolute atomic E-state index is 0. The molecule has 1 aromatic heterocycles. The Balaban J connectivity index is 0.00000200. The van der Waals surface area contributed by atoms with Crippen molar-refractivity contribution in [1.29, 1.82) is 0 Å². The molecular weight excluding hydrogens is 297 g/mol. The normalized spacial score (nSPS) is 9.85. The summed E-state index contributed by atoms with van der Waals surface area (Å²) in [7, 11) is 0. The van der Waals surface area contributed by atoms with Gasteiger partial charge < -0.3 is 9.88 Å². The molecule has 1 N–H and O–H groups in total. The van der Waals surface area contributed by atoms with Gasteiger partial charge in [0.05, 0.1) is 0 Å². The number of carbonyl (C=O) groups is 1. The van der Waals surface area contributed by atoms with Crippen molar-refractivity contribution in [3.63, 3.8) is 0 Å². The molecule has 0 atom stereocenters. The average molecular weight is 314 g/mol. The fraction of sp³-hybridized carbons (Fsp3) is 0.286. The van der Waals surface area contributed by atoms with Crippen LogP contribution in [0.25, 0.3) is 0 Å². The van der Waals surface area contributed by atoms with Crippen LogP contribution in [0.1, 0.15) is 11.4 Å². The maximum Gasteiger partial charge on any atom is 0.234 e. The number of hydrogen-bond acceptors (Lipinski definition) is 2. The van der Waals surface area contributed by atoms with E-state index >= 15 is 0 Å². The zero-order chi connectivity index (χ0) is 13.5. The molecule has 0 radical (unpaired) electrons. The molecule has 0 saturated carbocycles. The van der Waals surface area contributed by atoms with Gasteiger partial charge in [-0.25, -0.2) is 4.98 Å². The summed E-state index contributed by atoms with van der Waals surface area (Å²) in [4.78, 5) is 15.4. The molecule has 0 spiro atoms. The van der Waals surface area contributed by atoms with Gasteiger partial charge in [0.2, 0.25) is 5.91 Å². The Kier molecular flexibility index (Phi) is 7.12. The van der Waals surface area contributed by atoms with E-state index in [-0.39, 0.29) is 24.2 Å². The van der Waals surface area contributed by atoms with Crippen LogP contribution in [0.2, 0.25) is 0 Å². The molecule has 20 heavy (non-hydrogen) atoms. The van der Waals surface area contributed by atoms with Gasteiger partial charge in [0.15, 0.2) is 0 Å². The van der Waals surface area contributed by atoms with E-state index in [2.05, 4.69) is 27.0 Å². The van der Waals surface area contributed by atoms with Crippen molar-refractivity contribution in [2.45, 2.75) is 13.0 Å². The largest absolute Gasteiger partial charge is 0.355 e. The van der Waals surface area contributed by atoms with Crippen molar-refractivity contribution < 1.29 is 4.79 Å². The molecule has 0 unspecified atom stereocenters. The highest BCUT2D eigenvalue weighted by Gasteiger charge is 2.04. The number of imidazole rings is 1. The van der Waals surface area contributed by atoms with Crippen LogP contribution in [0.3, 0.4) is 0 Å². The molecule has 1 aromatic carbocycles. The summed E-state index contributed by atoms with van der Waals surface area (Å²) in [6.45, 7) is 1.34. The number of carbonyl (C=O) groups excluding carboxylic acids is 1. The minimum Gasteiger partial charge on any atom is -0.355 e. The number of nitrogens with one attached hydrogen (secondary N) is 1. The first-order valence-corrected chi connectivity index (χ1v) is 6.69. The van der Waals surface area contributed by atoms with Crippen molar-refractivity contribution in [1.82, 2.24) is 14.9 Å². The van der Waals surface area contributed by atoms with Gasteiger partial charge in [-0.1, -0.05) is 30.3 Å². The highest BCUT2D eigenvalue weighted by Crippen LogP contribution is 2.05. The van der Waals surface area contributed by atoms with Gasteiger partial charge in [-0.05, 0) is 5.56 Å². The lowest BCUT2D eigenvalue weighted by atomic mass is 10.2. The Hall–Kier alpha value is -1.52. The fourth-order valence-electron chi connectivity index (χ4n) is 1.85. The number of hydrogen-bond donors (Lipinski definition) is 1. The Morgan fingerprint density at radius 3 is 2.75 bits per heavy atom. The number of nitrogens with zero attached hydrogens (tertiary/aromatic N) is 2. The fourth-order valence-corrected chi connectivity index (χ4v) is 1.95. The molecule has 4 nitrogen and oxygen atoms in total. The second-order valence-corrected chi connectivity index (χ2v) is 4.46. The zero-order valence-electron chi connectivity index (χ0n) is 11.0. The first-order valence-electron chi connectivity index (χ1n) is 6.16. The molecule has 1 heterocycles. The summed E-state index contributed by atoms with van der Waals surface area (Å²) >= 11 is 5.42. The molecule has 0 aliphatic rings. The monoisotopic (exact) mass is 313 g/mol. The average Bonchev–Trinajstić information content (AvgIpc) is 2.87. The van der Waals surface area contributed by atoms with Crippen LogP contribution >= 0.6 is 24.0 Å². The first kappa shape index (κ1) is 16.5. The third kappa shape index (κ3) is 4.87. The SMILES string of the molecule is Cl.O=C(CCl)NCCc1nccn1Cc1ccccc1. The van der Waals surface area contributed by atoms with Crippen molar-refractivity contribution in [2.24, 2.45) is 0 Å². The van der Waals surface area contributed by atoms with Crippen LogP contribution in [0, 0.1) is 0 Å². The third-order valence-corrected chi connectivity index (χ3v) is 3.03. The van der Waals surface area contributed by atoms with E-state index in [9.17, 15) is 4.79 Å². The number of amides is 1. The summed E-state index contributed by atoms with van der Waals surface area (Å²) in [5, 5.41) is 2.74. The van der Waals surface area contributed by atoms with E-state index in [0.717, 1.165) is 12.4 Å². The summed E-state index contributed by atoms with van der Waals surface area (Å²) in [5.41, 5.74) is 1.23. The van der Waals surface area contributed by atoms with Gasteiger partial charge in [0.25, 0.3) is 0 Å². The van der Waals surface area contributed by atoms with E-state index in [1.165, 1.54) is 5.56 Å². The molecule has 0 fully saturated rings. The van der Waals surface area contributed by atoms with E-state index < -0.39 is 0 Å². The summed E-state index contributed by atoms with van der Waals surface area (Å²) in [5.74, 6) is 0.805. The molecule has 0 saturated heterocycles. The number of alkyl halides is 1. The molecular formula is C14H17Cl2N3O.